The van der Waals surface area contributed by atoms with Crippen molar-refractivity contribution in [2.45, 2.75) is 26.1 Å². The Morgan fingerprint density at radius 2 is 1.88 bits per heavy atom. The van der Waals surface area contributed by atoms with E-state index in [2.05, 4.69) is 15.9 Å². The highest BCUT2D eigenvalue weighted by Crippen LogP contribution is 2.38. The average Bonchev–Trinajstić information content (AvgIpc) is 2.55. The number of likely N-dealkylation sites (N-methyl/N-ethyl adjacent to an activating group) is 1. The van der Waals surface area contributed by atoms with Gasteiger partial charge in [-0.15, -0.1) is 0 Å². The molecule has 0 amide bonds. The minimum absolute atomic E-state index is 0.229. The van der Waals surface area contributed by atoms with Crippen LogP contribution in [0.25, 0.3) is 0 Å². The zero-order chi connectivity index (χ0) is 18.8. The molecule has 7 heteroatoms. The van der Waals surface area contributed by atoms with Crippen LogP contribution in [0.4, 0.5) is 18.9 Å². The molecule has 136 valence electrons. The number of anilines is 1. The van der Waals surface area contributed by atoms with Gasteiger partial charge in [-0.1, -0.05) is 39.7 Å². The Morgan fingerprint density at radius 3 is 2.40 bits per heavy atom. The first kappa shape index (κ1) is 20.1. The summed E-state index contributed by atoms with van der Waals surface area (Å²) in [6.45, 7) is 3.96. The van der Waals surface area contributed by atoms with Gasteiger partial charge in [-0.2, -0.15) is 13.2 Å². The lowest BCUT2D eigenvalue weighted by Gasteiger charge is -2.32. The van der Waals surface area contributed by atoms with Gasteiger partial charge >= 0.3 is 6.18 Å². The van der Waals surface area contributed by atoms with E-state index in [0.717, 1.165) is 21.7 Å². The summed E-state index contributed by atoms with van der Waals surface area (Å²) >= 11 is 9.16. The minimum Gasteiger partial charge on any atom is -0.394 e. The first-order chi connectivity index (χ1) is 11.7. The molecule has 2 aromatic rings. The number of hydrogen-bond donors (Lipinski definition) is 1. The lowest BCUT2D eigenvalue weighted by molar-refractivity contribution is -0.137. The van der Waals surface area contributed by atoms with Crippen LogP contribution in [0.5, 0.6) is 0 Å². The number of aliphatic hydroxyl groups excluding tert-OH is 1. The molecule has 25 heavy (non-hydrogen) atoms. The highest BCUT2D eigenvalue weighted by atomic mass is 79.9. The van der Waals surface area contributed by atoms with E-state index in [0.29, 0.717) is 12.2 Å². The number of alkyl halides is 3. The lowest BCUT2D eigenvalue weighted by Crippen LogP contribution is -2.31. The number of benzene rings is 2. The Labute approximate surface area is 158 Å². The van der Waals surface area contributed by atoms with Gasteiger partial charge in [0.1, 0.15) is 0 Å². The maximum Gasteiger partial charge on any atom is 0.417 e. The van der Waals surface area contributed by atoms with Crippen LogP contribution in [-0.4, -0.2) is 18.3 Å². The number of aliphatic hydroxyl groups is 1. The largest absolute Gasteiger partial charge is 0.417 e. The standard InChI is InChI=1S/C18H18BrClF3NO/c1-3-24(13-6-7-16(20)14(9-13)18(21,22)23)17(10-25)12-5-4-11(2)15(19)8-12/h4-9,17,25H,3,10H2,1-2H3. The molecule has 1 N–H and O–H groups in total. The van der Waals surface area contributed by atoms with Crippen molar-refractivity contribution in [1.82, 2.24) is 0 Å². The van der Waals surface area contributed by atoms with Crippen molar-refractivity contribution in [3.8, 4) is 0 Å². The lowest BCUT2D eigenvalue weighted by atomic mass is 10.0. The molecule has 0 fully saturated rings. The molecular weight excluding hydrogens is 419 g/mol. The average molecular weight is 437 g/mol. The maximum atomic E-state index is 13.1. The van der Waals surface area contributed by atoms with Crippen LogP contribution in [0.3, 0.4) is 0 Å². The van der Waals surface area contributed by atoms with Crippen LogP contribution in [0, 0.1) is 6.92 Å². The van der Waals surface area contributed by atoms with Crippen LogP contribution in [0.1, 0.15) is 29.7 Å². The minimum atomic E-state index is -4.53. The van der Waals surface area contributed by atoms with Gasteiger partial charge in [-0.05, 0) is 49.2 Å². The van der Waals surface area contributed by atoms with Crippen LogP contribution < -0.4 is 4.90 Å². The summed E-state index contributed by atoms with van der Waals surface area (Å²) in [6.07, 6.45) is -4.53. The SMILES string of the molecule is CCN(c1ccc(Cl)c(C(F)(F)F)c1)C(CO)c1ccc(C)c(Br)c1. The smallest absolute Gasteiger partial charge is 0.394 e. The van der Waals surface area contributed by atoms with Gasteiger partial charge in [0.25, 0.3) is 0 Å². The number of aryl methyl sites for hydroxylation is 1. The monoisotopic (exact) mass is 435 g/mol. The molecule has 0 aromatic heterocycles. The first-order valence-electron chi connectivity index (χ1n) is 7.69. The molecule has 0 radical (unpaired) electrons. The fourth-order valence-electron chi connectivity index (χ4n) is 2.69. The van der Waals surface area contributed by atoms with Crippen molar-refractivity contribution in [1.29, 1.82) is 0 Å². The Balaban J connectivity index is 2.48. The summed E-state index contributed by atoms with van der Waals surface area (Å²) in [4.78, 5) is 1.72. The van der Waals surface area contributed by atoms with Gasteiger partial charge < -0.3 is 10.0 Å². The van der Waals surface area contributed by atoms with Crippen molar-refractivity contribution in [3.63, 3.8) is 0 Å². The number of rotatable bonds is 5. The third kappa shape index (κ3) is 4.49. The second-order valence-corrected chi connectivity index (χ2v) is 6.92. The Kier molecular flexibility index (Phi) is 6.40. The van der Waals surface area contributed by atoms with Crippen molar-refractivity contribution < 1.29 is 18.3 Å². The van der Waals surface area contributed by atoms with Crippen LogP contribution in [0.2, 0.25) is 5.02 Å². The molecular formula is C18H18BrClF3NO. The van der Waals surface area contributed by atoms with Gasteiger partial charge in [-0.25, -0.2) is 0 Å². The zero-order valence-electron chi connectivity index (χ0n) is 13.7. The van der Waals surface area contributed by atoms with Crippen molar-refractivity contribution in [2.24, 2.45) is 0 Å². The van der Waals surface area contributed by atoms with E-state index in [9.17, 15) is 18.3 Å². The van der Waals surface area contributed by atoms with E-state index in [4.69, 9.17) is 11.6 Å². The van der Waals surface area contributed by atoms with Crippen LogP contribution in [0.15, 0.2) is 40.9 Å². The fraction of sp³-hybridized carbons (Fsp3) is 0.333. The van der Waals surface area contributed by atoms with Gasteiger partial charge in [0.2, 0.25) is 0 Å². The van der Waals surface area contributed by atoms with Crippen molar-refractivity contribution in [3.05, 3.63) is 62.6 Å². The summed E-state index contributed by atoms with van der Waals surface area (Å²) in [5, 5.41) is 9.54. The normalized spacial score (nSPS) is 13.0. The van der Waals surface area contributed by atoms with E-state index in [1.54, 1.807) is 4.90 Å². The van der Waals surface area contributed by atoms with E-state index >= 15 is 0 Å². The third-order valence-electron chi connectivity index (χ3n) is 4.06. The molecule has 0 aliphatic carbocycles. The van der Waals surface area contributed by atoms with Crippen LogP contribution >= 0.6 is 27.5 Å². The molecule has 1 atom stereocenters. The fourth-order valence-corrected chi connectivity index (χ4v) is 3.31. The Bertz CT molecular complexity index is 752. The molecule has 1 unspecified atom stereocenters. The molecule has 0 saturated carbocycles. The highest BCUT2D eigenvalue weighted by Gasteiger charge is 2.34. The van der Waals surface area contributed by atoms with Crippen molar-refractivity contribution >= 4 is 33.2 Å². The summed E-state index contributed by atoms with van der Waals surface area (Å²) in [5.41, 5.74) is 1.32. The highest BCUT2D eigenvalue weighted by molar-refractivity contribution is 9.10. The molecule has 2 aromatic carbocycles. The summed E-state index contributed by atoms with van der Waals surface area (Å²) in [5.74, 6) is 0. The van der Waals surface area contributed by atoms with E-state index in [1.807, 2.05) is 32.0 Å². The molecule has 2 nitrogen and oxygen atoms in total. The Morgan fingerprint density at radius 1 is 1.20 bits per heavy atom. The molecule has 0 spiro atoms. The summed E-state index contributed by atoms with van der Waals surface area (Å²) in [7, 11) is 0. The summed E-state index contributed by atoms with van der Waals surface area (Å²) < 4.78 is 40.3. The molecule has 0 aliphatic heterocycles. The van der Waals surface area contributed by atoms with E-state index < -0.39 is 17.8 Å². The maximum absolute atomic E-state index is 13.1. The molecule has 2 rings (SSSR count). The number of halogens is 5. The topological polar surface area (TPSA) is 23.5 Å². The van der Waals surface area contributed by atoms with E-state index in [1.165, 1.54) is 12.1 Å². The second-order valence-electron chi connectivity index (χ2n) is 5.65. The predicted molar refractivity (Wildman–Crippen MR) is 98.2 cm³/mol. The number of hydrogen-bond acceptors (Lipinski definition) is 2. The van der Waals surface area contributed by atoms with Crippen LogP contribution in [-0.2, 0) is 6.18 Å². The van der Waals surface area contributed by atoms with Gasteiger partial charge in [0.15, 0.2) is 0 Å². The third-order valence-corrected chi connectivity index (χ3v) is 5.24. The molecule has 0 saturated heterocycles. The van der Waals surface area contributed by atoms with E-state index in [-0.39, 0.29) is 11.6 Å². The molecule has 0 heterocycles. The van der Waals surface area contributed by atoms with Gasteiger partial charge in [0.05, 0.1) is 23.2 Å². The molecule has 0 bridgehead atoms. The Hall–Kier alpha value is -1.24. The number of nitrogens with zero attached hydrogens (tertiary/aromatic N) is 1. The first-order valence-corrected chi connectivity index (χ1v) is 8.86. The quantitative estimate of drug-likeness (QED) is 0.622. The van der Waals surface area contributed by atoms with Crippen molar-refractivity contribution in [2.75, 3.05) is 18.1 Å². The zero-order valence-corrected chi connectivity index (χ0v) is 16.1. The second kappa shape index (κ2) is 7.98. The summed E-state index contributed by atoms with van der Waals surface area (Å²) in [6, 6.07) is 8.97. The molecule has 0 aliphatic rings. The predicted octanol–water partition coefficient (Wildman–Crippen LogP) is 5.99. The van der Waals surface area contributed by atoms with Gasteiger partial charge in [-0.3, -0.25) is 0 Å². The van der Waals surface area contributed by atoms with Gasteiger partial charge in [0, 0.05) is 16.7 Å².